The largest absolute Gasteiger partial charge is 0.409 e. The Labute approximate surface area is 55.9 Å². The highest BCUT2D eigenvalue weighted by Crippen LogP contribution is 2.01. The van der Waals surface area contributed by atoms with Crippen LogP contribution >= 0.6 is 0 Å². The summed E-state index contributed by atoms with van der Waals surface area (Å²) in [5, 5.41) is 15.8. The molecule has 5 nitrogen and oxygen atoms in total. The van der Waals surface area contributed by atoms with Crippen molar-refractivity contribution in [2.24, 2.45) is 0 Å². The van der Waals surface area contributed by atoms with Crippen LogP contribution in [0.2, 0.25) is 0 Å². The van der Waals surface area contributed by atoms with E-state index < -0.39 is 0 Å². The van der Waals surface area contributed by atoms with Crippen molar-refractivity contribution in [3.8, 4) is 0 Å². The Morgan fingerprint density at radius 3 is 3.30 bits per heavy atom. The van der Waals surface area contributed by atoms with Crippen molar-refractivity contribution in [2.45, 2.75) is 0 Å². The van der Waals surface area contributed by atoms with E-state index in [1.54, 1.807) is 6.07 Å². The van der Waals surface area contributed by atoms with Gasteiger partial charge in [-0.3, -0.25) is 0 Å². The summed E-state index contributed by atoms with van der Waals surface area (Å²) in [6.07, 6.45) is 1.51. The average molecular weight is 135 g/mol. The molecule has 0 unspecified atom stereocenters. The van der Waals surface area contributed by atoms with Crippen molar-refractivity contribution in [3.63, 3.8) is 0 Å². The average Bonchev–Trinajstić information content (AvgIpc) is 2.34. The summed E-state index contributed by atoms with van der Waals surface area (Å²) in [6, 6.07) is 4.36. The lowest BCUT2D eigenvalue weighted by Gasteiger charge is -1.84. The lowest BCUT2D eigenvalue weighted by atomic mass is 10.4. The predicted molar refractivity (Wildman–Crippen MR) is 31.3 cm³/mol. The summed E-state index contributed by atoms with van der Waals surface area (Å²) in [5.74, 6) is 0. The van der Waals surface area contributed by atoms with Crippen LogP contribution in [0, 0.1) is 6.07 Å². The van der Waals surface area contributed by atoms with E-state index in [1.807, 2.05) is 0 Å². The molecule has 10 heavy (non-hydrogen) atoms. The second kappa shape index (κ2) is 1.66. The number of fused-ring (bicyclic) bond motifs is 1. The summed E-state index contributed by atoms with van der Waals surface area (Å²) >= 11 is 0. The first kappa shape index (κ1) is 5.16. The second-order valence-corrected chi connectivity index (χ2v) is 1.74. The van der Waals surface area contributed by atoms with Gasteiger partial charge in [0, 0.05) is 12.3 Å². The van der Waals surface area contributed by atoms with E-state index in [0.29, 0.717) is 16.0 Å². The normalized spacial score (nSPS) is 10.4. The van der Waals surface area contributed by atoms with Crippen LogP contribution in [0.3, 0.4) is 0 Å². The predicted octanol–water partition coefficient (Wildman–Crippen LogP) is -0.136. The third-order valence-corrected chi connectivity index (χ3v) is 1.12. The minimum Gasteiger partial charge on any atom is -0.409 e. The monoisotopic (exact) mass is 135 g/mol. The molecule has 5 heteroatoms. The van der Waals surface area contributed by atoms with Crippen molar-refractivity contribution in [2.75, 3.05) is 0 Å². The van der Waals surface area contributed by atoms with Gasteiger partial charge in [-0.1, -0.05) is 4.85 Å². The Balaban J connectivity index is 2.93. The lowest BCUT2D eigenvalue weighted by molar-refractivity contribution is 0.153. The van der Waals surface area contributed by atoms with Crippen LogP contribution in [0.5, 0.6) is 0 Å². The van der Waals surface area contributed by atoms with E-state index in [-0.39, 0.29) is 0 Å². The Morgan fingerprint density at radius 1 is 1.60 bits per heavy atom. The smallest absolute Gasteiger partial charge is 0.220 e. The van der Waals surface area contributed by atoms with Gasteiger partial charge in [0.2, 0.25) is 5.65 Å². The van der Waals surface area contributed by atoms with Gasteiger partial charge < -0.3 is 5.21 Å². The molecule has 2 rings (SSSR count). The molecule has 0 saturated carbocycles. The molecule has 0 aromatic carbocycles. The zero-order valence-corrected chi connectivity index (χ0v) is 4.89. The molecule has 0 spiro atoms. The van der Waals surface area contributed by atoms with Crippen LogP contribution in [-0.4, -0.2) is 25.3 Å². The zero-order valence-electron chi connectivity index (χ0n) is 4.89. The Kier molecular flexibility index (Phi) is 0.858. The molecule has 0 fully saturated rings. The summed E-state index contributed by atoms with van der Waals surface area (Å²) in [6.45, 7) is 0. The van der Waals surface area contributed by atoms with Gasteiger partial charge in [-0.15, -0.1) is 5.10 Å². The number of hydrogen-bond acceptors (Lipinski definition) is 4. The van der Waals surface area contributed by atoms with Gasteiger partial charge in [-0.05, 0) is 11.3 Å². The number of aromatic nitrogens is 4. The number of hydrogen-bond donors (Lipinski definition) is 1. The summed E-state index contributed by atoms with van der Waals surface area (Å²) in [4.78, 5) is 4.41. The Hall–Kier alpha value is -1.65. The fraction of sp³-hybridized carbons (Fsp3) is 0. The highest BCUT2D eigenvalue weighted by atomic mass is 16.5. The Morgan fingerprint density at radius 2 is 2.50 bits per heavy atom. The van der Waals surface area contributed by atoms with Crippen LogP contribution in [0.15, 0.2) is 12.3 Å². The molecular formula is C5H3N4O. The van der Waals surface area contributed by atoms with Crippen molar-refractivity contribution >= 4 is 11.2 Å². The maximum atomic E-state index is 8.87. The van der Waals surface area contributed by atoms with Crippen molar-refractivity contribution in [1.82, 2.24) is 20.1 Å². The molecule has 0 aliphatic carbocycles. The minimum absolute atomic E-state index is 0.322. The third-order valence-electron chi connectivity index (χ3n) is 1.12. The van der Waals surface area contributed by atoms with Gasteiger partial charge in [-0.25, -0.2) is 4.98 Å². The van der Waals surface area contributed by atoms with E-state index in [1.165, 1.54) is 6.20 Å². The van der Waals surface area contributed by atoms with Crippen molar-refractivity contribution in [1.29, 1.82) is 0 Å². The minimum atomic E-state index is 0.322. The van der Waals surface area contributed by atoms with Crippen LogP contribution < -0.4 is 0 Å². The quantitative estimate of drug-likeness (QED) is 0.511. The molecule has 0 amide bonds. The highest BCUT2D eigenvalue weighted by molar-refractivity contribution is 5.67. The van der Waals surface area contributed by atoms with Gasteiger partial charge in [0.05, 0.1) is 0 Å². The lowest BCUT2D eigenvalue weighted by Crippen LogP contribution is -1.92. The fourth-order valence-electron chi connectivity index (χ4n) is 0.699. The van der Waals surface area contributed by atoms with Crippen molar-refractivity contribution in [3.05, 3.63) is 18.3 Å². The molecule has 0 aliphatic heterocycles. The molecule has 0 atom stereocenters. The van der Waals surface area contributed by atoms with E-state index in [2.05, 4.69) is 21.4 Å². The summed E-state index contributed by atoms with van der Waals surface area (Å²) in [7, 11) is 0. The summed E-state index contributed by atoms with van der Waals surface area (Å²) in [5.41, 5.74) is 0.785. The van der Waals surface area contributed by atoms with E-state index in [0.717, 1.165) is 0 Å². The highest BCUT2D eigenvalue weighted by Gasteiger charge is 2.00. The molecule has 49 valence electrons. The first-order chi connectivity index (χ1) is 4.88. The Bertz CT molecular complexity index is 355. The molecule has 1 N–H and O–H groups in total. The topological polar surface area (TPSA) is 63.8 Å². The number of pyridine rings is 1. The van der Waals surface area contributed by atoms with E-state index in [9.17, 15) is 0 Å². The van der Waals surface area contributed by atoms with E-state index >= 15 is 0 Å². The van der Waals surface area contributed by atoms with Gasteiger partial charge in [0.1, 0.15) is 5.52 Å². The van der Waals surface area contributed by atoms with Crippen LogP contribution in [0.1, 0.15) is 0 Å². The maximum absolute atomic E-state index is 8.87. The number of rotatable bonds is 0. The van der Waals surface area contributed by atoms with Gasteiger partial charge in [0.15, 0.2) is 0 Å². The number of nitrogens with zero attached hydrogens (tertiary/aromatic N) is 4. The third kappa shape index (κ3) is 0.540. The molecule has 0 bridgehead atoms. The standard InChI is InChI=1S/C5H3N4O/c10-9-5-4(7-8-9)2-1-3-6-5/h1,3,10H. The summed E-state index contributed by atoms with van der Waals surface area (Å²) < 4.78 is 0. The van der Waals surface area contributed by atoms with Crippen molar-refractivity contribution < 1.29 is 5.21 Å². The first-order valence-corrected chi connectivity index (χ1v) is 2.65. The van der Waals surface area contributed by atoms with Gasteiger partial charge in [-0.2, -0.15) is 0 Å². The molecule has 2 heterocycles. The van der Waals surface area contributed by atoms with E-state index in [4.69, 9.17) is 5.21 Å². The van der Waals surface area contributed by atoms with Crippen LogP contribution in [0.4, 0.5) is 0 Å². The van der Waals surface area contributed by atoms with Gasteiger partial charge >= 0.3 is 0 Å². The van der Waals surface area contributed by atoms with Crippen LogP contribution in [0.25, 0.3) is 11.2 Å². The van der Waals surface area contributed by atoms with Crippen LogP contribution in [-0.2, 0) is 0 Å². The molecule has 0 aliphatic rings. The first-order valence-electron chi connectivity index (χ1n) is 2.65. The molecule has 0 saturated heterocycles. The second-order valence-electron chi connectivity index (χ2n) is 1.74. The molecule has 1 radical (unpaired) electrons. The zero-order chi connectivity index (χ0) is 6.97. The molecular weight excluding hydrogens is 132 g/mol. The van der Waals surface area contributed by atoms with Gasteiger partial charge in [0.25, 0.3) is 0 Å². The molecule has 2 aromatic rings. The molecule has 2 aromatic heterocycles. The SMILES string of the molecule is On1nnc2[c]ccnc21. The fourth-order valence-corrected chi connectivity index (χ4v) is 0.699. The maximum Gasteiger partial charge on any atom is 0.220 e.